The van der Waals surface area contributed by atoms with Gasteiger partial charge in [-0.05, 0) is 65.2 Å². The number of hydrogen-bond acceptors (Lipinski definition) is 7. The topological polar surface area (TPSA) is 92.0 Å². The predicted octanol–water partition coefficient (Wildman–Crippen LogP) is 4.71. The molecule has 1 atom stereocenters. The molecule has 0 aliphatic heterocycles. The van der Waals surface area contributed by atoms with Crippen molar-refractivity contribution in [3.8, 4) is 11.5 Å². The van der Waals surface area contributed by atoms with Crippen LogP contribution in [0, 0.1) is 0 Å². The van der Waals surface area contributed by atoms with Gasteiger partial charge in [-0.2, -0.15) is 9.78 Å². The fraction of sp³-hybridized carbons (Fsp3) is 0.304. The summed E-state index contributed by atoms with van der Waals surface area (Å²) in [6, 6.07) is 8.85. The molecule has 3 aromatic rings. The van der Waals surface area contributed by atoms with E-state index in [1.54, 1.807) is 31.3 Å². The van der Waals surface area contributed by atoms with Crippen LogP contribution in [0.15, 0.2) is 49.2 Å². The smallest absolute Gasteiger partial charge is 0.346 e. The number of nitrogens with zero attached hydrogens (tertiary/aromatic N) is 3. The Morgan fingerprint density at radius 3 is 2.67 bits per heavy atom. The lowest BCUT2D eigenvalue weighted by molar-refractivity contribution is -0.147. The van der Waals surface area contributed by atoms with E-state index in [0.717, 1.165) is 10.9 Å². The van der Waals surface area contributed by atoms with Crippen LogP contribution in [0.4, 0.5) is 0 Å². The predicted molar refractivity (Wildman–Crippen MR) is 133 cm³/mol. The van der Waals surface area contributed by atoms with Crippen molar-refractivity contribution in [2.24, 2.45) is 5.10 Å². The highest BCUT2D eigenvalue weighted by Gasteiger charge is 2.20. The Hall–Kier alpha value is -2.72. The van der Waals surface area contributed by atoms with Crippen molar-refractivity contribution in [3.63, 3.8) is 0 Å². The SMILES string of the molecule is CCCc1nc2ccc(Br)cc2c(=O)n1N=Cc1cc(Br)c(O[C@H](C)C(=O)OC)c(OC)c1. The average molecular weight is 581 g/mol. The van der Waals surface area contributed by atoms with Crippen molar-refractivity contribution in [1.29, 1.82) is 0 Å². The summed E-state index contributed by atoms with van der Waals surface area (Å²) in [6.45, 7) is 3.60. The Morgan fingerprint density at radius 2 is 2.00 bits per heavy atom. The van der Waals surface area contributed by atoms with E-state index < -0.39 is 12.1 Å². The van der Waals surface area contributed by atoms with Crippen LogP contribution in [0.5, 0.6) is 11.5 Å². The van der Waals surface area contributed by atoms with Gasteiger partial charge < -0.3 is 14.2 Å². The van der Waals surface area contributed by atoms with E-state index in [2.05, 4.69) is 41.9 Å². The van der Waals surface area contributed by atoms with Gasteiger partial charge in [0.1, 0.15) is 5.82 Å². The zero-order valence-electron chi connectivity index (χ0n) is 18.6. The van der Waals surface area contributed by atoms with Gasteiger partial charge in [-0.25, -0.2) is 9.78 Å². The van der Waals surface area contributed by atoms with E-state index in [9.17, 15) is 9.59 Å². The largest absolute Gasteiger partial charge is 0.493 e. The van der Waals surface area contributed by atoms with Crippen LogP contribution in [-0.2, 0) is 16.0 Å². The van der Waals surface area contributed by atoms with E-state index in [1.165, 1.54) is 18.9 Å². The van der Waals surface area contributed by atoms with Crippen LogP contribution in [-0.4, -0.2) is 42.2 Å². The highest BCUT2D eigenvalue weighted by Crippen LogP contribution is 2.37. The van der Waals surface area contributed by atoms with Crippen LogP contribution in [0.25, 0.3) is 10.9 Å². The number of benzene rings is 2. The Kier molecular flexibility index (Phi) is 8.25. The van der Waals surface area contributed by atoms with E-state index >= 15 is 0 Å². The molecule has 0 radical (unpaired) electrons. The van der Waals surface area contributed by atoms with Crippen LogP contribution in [0.1, 0.15) is 31.7 Å². The molecule has 0 N–H and O–H groups in total. The fourth-order valence-electron chi connectivity index (χ4n) is 3.14. The lowest BCUT2D eigenvalue weighted by Crippen LogP contribution is -2.25. The highest BCUT2D eigenvalue weighted by atomic mass is 79.9. The van der Waals surface area contributed by atoms with Crippen LogP contribution >= 0.6 is 31.9 Å². The molecule has 10 heteroatoms. The molecule has 0 spiro atoms. The molecule has 2 aromatic carbocycles. The fourth-order valence-corrected chi connectivity index (χ4v) is 4.06. The number of carbonyl (C=O) groups excluding carboxylic acids is 1. The molecular weight excluding hydrogens is 558 g/mol. The van der Waals surface area contributed by atoms with Crippen molar-refractivity contribution in [2.45, 2.75) is 32.8 Å². The molecule has 174 valence electrons. The second-order valence-electron chi connectivity index (χ2n) is 7.12. The Labute approximate surface area is 207 Å². The summed E-state index contributed by atoms with van der Waals surface area (Å²) in [5.74, 6) is 0.816. The molecule has 0 aliphatic carbocycles. The minimum atomic E-state index is -0.821. The van der Waals surface area contributed by atoms with Gasteiger partial charge in [-0.15, -0.1) is 0 Å². The summed E-state index contributed by atoms with van der Waals surface area (Å²) >= 11 is 6.86. The van der Waals surface area contributed by atoms with Crippen molar-refractivity contribution in [2.75, 3.05) is 14.2 Å². The highest BCUT2D eigenvalue weighted by molar-refractivity contribution is 9.10. The van der Waals surface area contributed by atoms with Gasteiger partial charge in [-0.3, -0.25) is 4.79 Å². The van der Waals surface area contributed by atoms with E-state index in [4.69, 9.17) is 14.2 Å². The minimum absolute atomic E-state index is 0.251. The maximum Gasteiger partial charge on any atom is 0.346 e. The normalized spacial score (nSPS) is 12.2. The molecule has 0 amide bonds. The zero-order valence-corrected chi connectivity index (χ0v) is 21.8. The lowest BCUT2D eigenvalue weighted by atomic mass is 10.2. The molecular formula is C23H23Br2N3O5. The number of halogens is 2. The summed E-state index contributed by atoms with van der Waals surface area (Å²) in [5.41, 5.74) is 1.03. The first-order chi connectivity index (χ1) is 15.8. The molecule has 3 rings (SSSR count). The molecule has 0 aliphatic rings. The summed E-state index contributed by atoms with van der Waals surface area (Å²) in [6.07, 6.45) is 2.14. The molecule has 0 saturated carbocycles. The van der Waals surface area contributed by atoms with Gasteiger partial charge in [0.2, 0.25) is 0 Å². The Bertz CT molecular complexity index is 1270. The number of ether oxygens (including phenoxy) is 3. The van der Waals surface area contributed by atoms with Gasteiger partial charge in [0.15, 0.2) is 17.6 Å². The third-order valence-corrected chi connectivity index (χ3v) is 5.83. The Morgan fingerprint density at radius 1 is 1.24 bits per heavy atom. The first kappa shape index (κ1) is 24.9. The molecule has 1 heterocycles. The standard InChI is InChI=1S/C23H23Br2N3O5/c1-5-6-20-27-18-8-7-15(24)11-16(18)22(29)28(20)26-12-14-9-17(25)21(19(10-14)31-3)33-13(2)23(30)32-4/h7-13H,5-6H2,1-4H3/t13-/m1/s1. The first-order valence-electron chi connectivity index (χ1n) is 10.2. The van der Waals surface area contributed by atoms with Gasteiger partial charge in [-0.1, -0.05) is 22.9 Å². The van der Waals surface area contributed by atoms with E-state index in [1.807, 2.05) is 19.1 Å². The van der Waals surface area contributed by atoms with Crippen LogP contribution in [0.2, 0.25) is 0 Å². The summed E-state index contributed by atoms with van der Waals surface area (Å²) in [5, 5.41) is 4.91. The molecule has 33 heavy (non-hydrogen) atoms. The van der Waals surface area contributed by atoms with Crippen molar-refractivity contribution in [1.82, 2.24) is 9.66 Å². The molecule has 8 nitrogen and oxygen atoms in total. The number of fused-ring (bicyclic) bond motifs is 1. The quantitative estimate of drug-likeness (QED) is 0.283. The second-order valence-corrected chi connectivity index (χ2v) is 8.89. The molecule has 0 saturated heterocycles. The minimum Gasteiger partial charge on any atom is -0.493 e. The summed E-state index contributed by atoms with van der Waals surface area (Å²) in [7, 11) is 2.79. The Balaban J connectivity index is 2.03. The van der Waals surface area contributed by atoms with Gasteiger partial charge >= 0.3 is 5.97 Å². The van der Waals surface area contributed by atoms with Crippen LogP contribution < -0.4 is 15.0 Å². The molecule has 0 unspecified atom stereocenters. The number of methoxy groups -OCH3 is 2. The van der Waals surface area contributed by atoms with E-state index in [0.29, 0.717) is 44.7 Å². The number of rotatable bonds is 8. The molecule has 0 bridgehead atoms. The first-order valence-corrected chi connectivity index (χ1v) is 11.7. The number of carbonyl (C=O) groups is 1. The monoisotopic (exact) mass is 579 g/mol. The van der Waals surface area contributed by atoms with Gasteiger partial charge in [0.05, 0.1) is 35.8 Å². The number of hydrogen-bond donors (Lipinski definition) is 0. The van der Waals surface area contributed by atoms with Gasteiger partial charge in [0.25, 0.3) is 5.56 Å². The van der Waals surface area contributed by atoms with E-state index in [-0.39, 0.29) is 5.56 Å². The molecule has 1 aromatic heterocycles. The zero-order chi connectivity index (χ0) is 24.1. The third kappa shape index (κ3) is 5.62. The van der Waals surface area contributed by atoms with Crippen LogP contribution in [0.3, 0.4) is 0 Å². The lowest BCUT2D eigenvalue weighted by Gasteiger charge is -2.17. The number of aryl methyl sites for hydroxylation is 1. The van der Waals surface area contributed by atoms with Gasteiger partial charge in [0, 0.05) is 10.9 Å². The van der Waals surface area contributed by atoms with Crippen molar-refractivity contribution < 1.29 is 19.0 Å². The number of aromatic nitrogens is 2. The third-order valence-electron chi connectivity index (χ3n) is 4.75. The average Bonchev–Trinajstić information content (AvgIpc) is 2.80. The molecule has 0 fully saturated rings. The number of esters is 1. The summed E-state index contributed by atoms with van der Waals surface area (Å²) in [4.78, 5) is 29.5. The maximum atomic E-state index is 13.1. The second kappa shape index (κ2) is 10.9. The maximum absolute atomic E-state index is 13.1. The summed E-state index contributed by atoms with van der Waals surface area (Å²) < 4.78 is 18.5. The van der Waals surface area contributed by atoms with Crippen molar-refractivity contribution >= 4 is 54.9 Å². The van der Waals surface area contributed by atoms with Crippen molar-refractivity contribution in [3.05, 3.63) is 61.0 Å².